The van der Waals surface area contributed by atoms with Crippen molar-refractivity contribution in [3.05, 3.63) is 10.6 Å². The van der Waals surface area contributed by atoms with Gasteiger partial charge in [-0.15, -0.1) is 0 Å². The van der Waals surface area contributed by atoms with E-state index in [4.69, 9.17) is 9.72 Å². The highest BCUT2D eigenvalue weighted by atomic mass is 32.1. The number of amides is 1. The number of anilines is 1. The highest BCUT2D eigenvalue weighted by Crippen LogP contribution is 2.38. The Morgan fingerprint density at radius 2 is 1.96 bits per heavy atom. The first-order valence-corrected chi connectivity index (χ1v) is 10.9. The van der Waals surface area contributed by atoms with E-state index in [1.54, 1.807) is 0 Å². The van der Waals surface area contributed by atoms with Crippen molar-refractivity contribution in [2.45, 2.75) is 57.2 Å². The number of nitrogens with zero attached hydrogens (tertiary/aromatic N) is 3. The number of ether oxygens (including phenoxy) is 1. The van der Waals surface area contributed by atoms with Crippen LogP contribution < -0.4 is 10.2 Å². The number of hydrogen-bond acceptors (Lipinski definition) is 6. The topological polar surface area (TPSA) is 57.7 Å². The molecule has 7 heteroatoms. The average molecular weight is 377 g/mol. The molecular weight excluding hydrogens is 348 g/mol. The number of thiazole rings is 1. The molecule has 4 aliphatic rings. The van der Waals surface area contributed by atoms with Crippen LogP contribution in [0.5, 0.6) is 0 Å². The van der Waals surface area contributed by atoms with E-state index in [2.05, 4.69) is 15.1 Å². The predicted octanol–water partition coefficient (Wildman–Crippen LogP) is 1.79. The van der Waals surface area contributed by atoms with E-state index in [9.17, 15) is 4.79 Å². The Morgan fingerprint density at radius 3 is 2.73 bits per heavy atom. The highest BCUT2D eigenvalue weighted by molar-refractivity contribution is 7.15. The molecule has 142 valence electrons. The molecule has 6 nitrogen and oxygen atoms in total. The molecule has 2 unspecified atom stereocenters. The third-order valence-corrected chi connectivity index (χ3v) is 7.57. The number of aromatic nitrogens is 1. The fraction of sp³-hybridized carbons (Fsp3) is 0.789. The molecule has 1 aromatic heterocycles. The summed E-state index contributed by atoms with van der Waals surface area (Å²) in [7, 11) is 0. The van der Waals surface area contributed by atoms with Crippen LogP contribution in [-0.2, 0) is 22.5 Å². The zero-order valence-corrected chi connectivity index (χ0v) is 16.1. The van der Waals surface area contributed by atoms with Crippen molar-refractivity contribution in [1.82, 2.24) is 15.2 Å². The number of carbonyl (C=O) groups excluding carboxylic acids is 1. The van der Waals surface area contributed by atoms with Gasteiger partial charge in [0.15, 0.2) is 5.13 Å². The molecule has 0 aliphatic carbocycles. The Hall–Kier alpha value is -1.18. The van der Waals surface area contributed by atoms with Crippen LogP contribution in [0.1, 0.15) is 42.7 Å². The average Bonchev–Trinajstić information content (AvgIpc) is 3.19. The molecule has 26 heavy (non-hydrogen) atoms. The van der Waals surface area contributed by atoms with Gasteiger partial charge in [-0.1, -0.05) is 11.3 Å². The smallest absolute Gasteiger partial charge is 0.223 e. The second-order valence-electron chi connectivity index (χ2n) is 8.14. The summed E-state index contributed by atoms with van der Waals surface area (Å²) in [5.74, 6) is 0.825. The molecule has 0 saturated carbocycles. The maximum atomic E-state index is 12.7. The van der Waals surface area contributed by atoms with Gasteiger partial charge in [0.2, 0.25) is 5.91 Å². The van der Waals surface area contributed by atoms with Gasteiger partial charge in [0.25, 0.3) is 0 Å². The van der Waals surface area contributed by atoms with Gasteiger partial charge < -0.3 is 19.9 Å². The molecule has 3 fully saturated rings. The number of nitrogens with one attached hydrogen (secondary N) is 1. The molecule has 2 bridgehead atoms. The SMILES string of the molecule is O=C(CC1CCOCC1)N1CCc2nc(N3C4CCC3CNC4)sc2C1. The van der Waals surface area contributed by atoms with E-state index >= 15 is 0 Å². The monoisotopic (exact) mass is 376 g/mol. The predicted molar refractivity (Wildman–Crippen MR) is 102 cm³/mol. The quantitative estimate of drug-likeness (QED) is 0.872. The van der Waals surface area contributed by atoms with Gasteiger partial charge in [-0.05, 0) is 31.6 Å². The Morgan fingerprint density at radius 1 is 1.19 bits per heavy atom. The van der Waals surface area contributed by atoms with Gasteiger partial charge in [0.05, 0.1) is 12.2 Å². The van der Waals surface area contributed by atoms with Crippen molar-refractivity contribution in [2.75, 3.05) is 37.7 Å². The lowest BCUT2D eigenvalue weighted by Gasteiger charge is -2.35. The Bertz CT molecular complexity index is 656. The van der Waals surface area contributed by atoms with E-state index in [-0.39, 0.29) is 0 Å². The van der Waals surface area contributed by atoms with Gasteiger partial charge in [-0.25, -0.2) is 4.98 Å². The summed E-state index contributed by atoms with van der Waals surface area (Å²) in [6.07, 6.45) is 6.21. The van der Waals surface area contributed by atoms with Crippen LogP contribution in [0.25, 0.3) is 0 Å². The van der Waals surface area contributed by atoms with E-state index < -0.39 is 0 Å². The summed E-state index contributed by atoms with van der Waals surface area (Å²) < 4.78 is 5.42. The zero-order valence-electron chi connectivity index (χ0n) is 15.3. The summed E-state index contributed by atoms with van der Waals surface area (Å²) in [5, 5.41) is 4.74. The summed E-state index contributed by atoms with van der Waals surface area (Å²) >= 11 is 1.83. The first-order valence-electron chi connectivity index (χ1n) is 10.1. The van der Waals surface area contributed by atoms with Crippen molar-refractivity contribution >= 4 is 22.4 Å². The van der Waals surface area contributed by atoms with Gasteiger partial charge in [-0.3, -0.25) is 4.79 Å². The van der Waals surface area contributed by atoms with E-state index in [1.165, 1.54) is 28.5 Å². The van der Waals surface area contributed by atoms with Gasteiger partial charge in [0.1, 0.15) is 0 Å². The molecule has 2 atom stereocenters. The minimum absolute atomic E-state index is 0.319. The Kier molecular flexibility index (Phi) is 4.63. The lowest BCUT2D eigenvalue weighted by atomic mass is 9.95. The van der Waals surface area contributed by atoms with Crippen LogP contribution >= 0.6 is 11.3 Å². The summed E-state index contributed by atoms with van der Waals surface area (Å²) in [6, 6.07) is 1.21. The zero-order chi connectivity index (χ0) is 17.5. The Labute approximate surface area is 158 Å². The number of rotatable bonds is 3. The van der Waals surface area contributed by atoms with E-state index in [0.29, 0.717) is 30.3 Å². The van der Waals surface area contributed by atoms with Crippen molar-refractivity contribution < 1.29 is 9.53 Å². The van der Waals surface area contributed by atoms with Crippen LogP contribution in [0, 0.1) is 5.92 Å². The van der Waals surface area contributed by atoms with Gasteiger partial charge in [-0.2, -0.15) is 0 Å². The third-order valence-electron chi connectivity index (χ3n) is 6.48. The lowest BCUT2D eigenvalue weighted by molar-refractivity contribution is -0.133. The molecule has 3 saturated heterocycles. The third kappa shape index (κ3) is 3.14. The number of piperazine rings is 1. The molecule has 1 N–H and O–H groups in total. The van der Waals surface area contributed by atoms with Crippen LogP contribution in [-0.4, -0.2) is 60.7 Å². The highest BCUT2D eigenvalue weighted by Gasteiger charge is 2.39. The van der Waals surface area contributed by atoms with Crippen LogP contribution in [0.4, 0.5) is 5.13 Å². The standard InChI is InChI=1S/C19H28N4O2S/c24-18(9-13-4-7-25-8-5-13)22-6-3-16-17(12-22)26-19(21-16)23-14-1-2-15(23)11-20-10-14/h13-15,20H,1-12H2. The van der Waals surface area contributed by atoms with Gasteiger partial charge >= 0.3 is 0 Å². The largest absolute Gasteiger partial charge is 0.381 e. The number of carbonyl (C=O) groups is 1. The van der Waals surface area contributed by atoms with Crippen LogP contribution in [0.3, 0.4) is 0 Å². The lowest BCUT2D eigenvalue weighted by Crippen LogP contribution is -2.51. The maximum absolute atomic E-state index is 12.7. The molecule has 0 aromatic carbocycles. The number of fused-ring (bicyclic) bond motifs is 3. The van der Waals surface area contributed by atoms with Crippen molar-refractivity contribution in [3.63, 3.8) is 0 Å². The molecule has 1 amide bonds. The Balaban J connectivity index is 1.26. The fourth-order valence-electron chi connectivity index (χ4n) is 4.92. The van der Waals surface area contributed by atoms with Crippen molar-refractivity contribution in [1.29, 1.82) is 0 Å². The number of hydrogen-bond donors (Lipinski definition) is 1. The second-order valence-corrected chi connectivity index (χ2v) is 9.20. The van der Waals surface area contributed by atoms with E-state index in [0.717, 1.165) is 58.7 Å². The second kappa shape index (κ2) is 7.09. The minimum Gasteiger partial charge on any atom is -0.381 e. The molecule has 0 radical (unpaired) electrons. The first-order chi connectivity index (χ1) is 12.8. The maximum Gasteiger partial charge on any atom is 0.223 e. The fourth-order valence-corrected chi connectivity index (χ4v) is 6.19. The molecule has 0 spiro atoms. The molecule has 4 aliphatic heterocycles. The molecule has 5 heterocycles. The molecule has 5 rings (SSSR count). The van der Waals surface area contributed by atoms with Crippen LogP contribution in [0.15, 0.2) is 0 Å². The summed E-state index contributed by atoms with van der Waals surface area (Å²) in [6.45, 7) is 5.37. The normalized spacial score (nSPS) is 29.1. The van der Waals surface area contributed by atoms with Crippen LogP contribution in [0.2, 0.25) is 0 Å². The summed E-state index contributed by atoms with van der Waals surface area (Å²) in [4.78, 5) is 23.7. The van der Waals surface area contributed by atoms with Gasteiger partial charge in [0, 0.05) is 62.7 Å². The van der Waals surface area contributed by atoms with E-state index in [1.807, 2.05) is 11.3 Å². The molecule has 1 aromatic rings. The molecular formula is C19H28N4O2S. The first kappa shape index (κ1) is 17.0. The van der Waals surface area contributed by atoms with Crippen molar-refractivity contribution in [2.24, 2.45) is 5.92 Å². The minimum atomic E-state index is 0.319. The summed E-state index contributed by atoms with van der Waals surface area (Å²) in [5.41, 5.74) is 1.23. The van der Waals surface area contributed by atoms with Crippen molar-refractivity contribution in [3.8, 4) is 0 Å².